The van der Waals surface area contributed by atoms with Crippen LogP contribution in [0.25, 0.3) is 11.3 Å². The van der Waals surface area contributed by atoms with Crippen LogP contribution in [0.2, 0.25) is 0 Å². The van der Waals surface area contributed by atoms with E-state index < -0.39 is 28.2 Å². The second-order valence-electron chi connectivity index (χ2n) is 3.91. The molecule has 0 radical (unpaired) electrons. The van der Waals surface area contributed by atoms with Gasteiger partial charge in [0.05, 0.1) is 10.5 Å². The van der Waals surface area contributed by atoms with Crippen LogP contribution in [0.1, 0.15) is 5.56 Å². The van der Waals surface area contributed by atoms with Crippen molar-refractivity contribution in [1.29, 1.82) is 0 Å². The predicted octanol–water partition coefficient (Wildman–Crippen LogP) is 2.79. The van der Waals surface area contributed by atoms with Crippen LogP contribution >= 0.6 is 0 Å². The van der Waals surface area contributed by atoms with E-state index in [4.69, 9.17) is 5.73 Å². The summed E-state index contributed by atoms with van der Waals surface area (Å²) >= 11 is 0. The Balaban J connectivity index is 2.61. The molecule has 0 unspecified atom stereocenters. The zero-order valence-electron chi connectivity index (χ0n) is 10.1. The zero-order chi connectivity index (χ0) is 15.8. The number of alkyl halides is 3. The smallest absolute Gasteiger partial charge is 0.368 e. The van der Waals surface area contributed by atoms with Gasteiger partial charge in [-0.05, 0) is 12.1 Å². The van der Waals surface area contributed by atoms with Crippen LogP contribution in [0.15, 0.2) is 24.4 Å². The standard InChI is InChI=1S/C11H6F4N4O2/c12-7-3-5(1-2-6(7)11(13,14)15)9-8(19(20)21)4-17-10(16)18-9/h1-4H,(H2,16,17,18). The van der Waals surface area contributed by atoms with Crippen LogP contribution < -0.4 is 5.73 Å². The number of nitrogens with two attached hydrogens (primary N) is 1. The molecule has 0 saturated heterocycles. The number of hydrogen-bond donors (Lipinski definition) is 1. The number of halogens is 4. The molecule has 0 aliphatic rings. The van der Waals surface area contributed by atoms with Crippen LogP contribution in [0, 0.1) is 15.9 Å². The normalized spacial score (nSPS) is 11.4. The molecule has 110 valence electrons. The molecule has 1 aromatic carbocycles. The molecule has 21 heavy (non-hydrogen) atoms. The highest BCUT2D eigenvalue weighted by atomic mass is 19.4. The minimum absolute atomic E-state index is 0.207. The number of nitrogens with zero attached hydrogens (tertiary/aromatic N) is 3. The van der Waals surface area contributed by atoms with Crippen molar-refractivity contribution in [2.75, 3.05) is 5.73 Å². The van der Waals surface area contributed by atoms with Crippen molar-refractivity contribution >= 4 is 11.6 Å². The molecule has 2 N–H and O–H groups in total. The van der Waals surface area contributed by atoms with Crippen molar-refractivity contribution in [1.82, 2.24) is 9.97 Å². The first-order chi connectivity index (χ1) is 9.70. The molecule has 1 aromatic heterocycles. The average molecular weight is 302 g/mol. The zero-order valence-corrected chi connectivity index (χ0v) is 10.1. The number of nitrogen functional groups attached to an aromatic ring is 1. The molecule has 0 aliphatic heterocycles. The number of rotatable bonds is 2. The summed E-state index contributed by atoms with van der Waals surface area (Å²) in [6.45, 7) is 0. The Morgan fingerprint density at radius 2 is 1.95 bits per heavy atom. The fourth-order valence-corrected chi connectivity index (χ4v) is 1.63. The van der Waals surface area contributed by atoms with E-state index in [-0.39, 0.29) is 17.2 Å². The maximum Gasteiger partial charge on any atom is 0.419 e. The molecule has 0 fully saturated rings. The van der Waals surface area contributed by atoms with Gasteiger partial charge in [0, 0.05) is 5.56 Å². The molecule has 2 rings (SSSR count). The van der Waals surface area contributed by atoms with Gasteiger partial charge in [0.2, 0.25) is 5.95 Å². The van der Waals surface area contributed by atoms with Gasteiger partial charge in [0.15, 0.2) is 5.69 Å². The number of aromatic nitrogens is 2. The number of anilines is 1. The Bertz CT molecular complexity index is 718. The Morgan fingerprint density at radius 1 is 1.29 bits per heavy atom. The third-order valence-electron chi connectivity index (χ3n) is 2.53. The van der Waals surface area contributed by atoms with Crippen LogP contribution in [0.4, 0.5) is 29.2 Å². The fraction of sp³-hybridized carbons (Fsp3) is 0.0909. The van der Waals surface area contributed by atoms with E-state index in [9.17, 15) is 27.7 Å². The maximum absolute atomic E-state index is 13.5. The number of hydrogen-bond acceptors (Lipinski definition) is 5. The summed E-state index contributed by atoms with van der Waals surface area (Å²) in [5, 5.41) is 10.8. The third-order valence-corrected chi connectivity index (χ3v) is 2.53. The molecular formula is C11H6F4N4O2. The Kier molecular flexibility index (Phi) is 3.45. The molecule has 2 aromatic rings. The van der Waals surface area contributed by atoms with E-state index in [0.29, 0.717) is 12.1 Å². The second-order valence-corrected chi connectivity index (χ2v) is 3.91. The lowest BCUT2D eigenvalue weighted by molar-refractivity contribution is -0.384. The molecule has 0 bridgehead atoms. The molecule has 1 heterocycles. The van der Waals surface area contributed by atoms with Crippen molar-refractivity contribution in [3.8, 4) is 11.3 Å². The summed E-state index contributed by atoms with van der Waals surface area (Å²) in [5.41, 5.74) is 2.65. The first kappa shape index (κ1) is 14.6. The highest BCUT2D eigenvalue weighted by molar-refractivity contribution is 5.70. The first-order valence-corrected chi connectivity index (χ1v) is 5.34. The largest absolute Gasteiger partial charge is 0.419 e. The quantitative estimate of drug-likeness (QED) is 0.523. The minimum Gasteiger partial charge on any atom is -0.368 e. The molecule has 0 spiro atoms. The second kappa shape index (κ2) is 4.96. The van der Waals surface area contributed by atoms with Crippen LogP contribution in [0.5, 0.6) is 0 Å². The van der Waals surface area contributed by atoms with Gasteiger partial charge in [-0.2, -0.15) is 13.2 Å². The third kappa shape index (κ3) is 2.88. The number of benzene rings is 1. The van der Waals surface area contributed by atoms with E-state index in [0.717, 1.165) is 12.3 Å². The van der Waals surface area contributed by atoms with Gasteiger partial charge in [-0.25, -0.2) is 14.4 Å². The average Bonchev–Trinajstić information content (AvgIpc) is 2.36. The summed E-state index contributed by atoms with van der Waals surface area (Å²) in [6.07, 6.45) is -4.06. The van der Waals surface area contributed by atoms with Crippen LogP contribution in [-0.2, 0) is 6.18 Å². The molecule has 0 atom stereocenters. The van der Waals surface area contributed by atoms with Crippen LogP contribution in [-0.4, -0.2) is 14.9 Å². The van der Waals surface area contributed by atoms with E-state index in [1.54, 1.807) is 0 Å². The van der Waals surface area contributed by atoms with Gasteiger partial charge in [0.1, 0.15) is 12.0 Å². The van der Waals surface area contributed by atoms with Gasteiger partial charge < -0.3 is 5.73 Å². The van der Waals surface area contributed by atoms with E-state index in [1.807, 2.05) is 0 Å². The lowest BCUT2D eigenvalue weighted by Gasteiger charge is -2.09. The lowest BCUT2D eigenvalue weighted by atomic mass is 10.1. The molecule has 0 saturated carbocycles. The summed E-state index contributed by atoms with van der Waals surface area (Å²) in [5.74, 6) is -1.89. The van der Waals surface area contributed by atoms with Crippen molar-refractivity contribution < 1.29 is 22.5 Å². The van der Waals surface area contributed by atoms with Gasteiger partial charge in [-0.15, -0.1) is 0 Å². The van der Waals surface area contributed by atoms with Gasteiger partial charge in [-0.1, -0.05) is 6.07 Å². The fourth-order valence-electron chi connectivity index (χ4n) is 1.63. The SMILES string of the molecule is Nc1ncc([N+](=O)[O-])c(-c2ccc(C(F)(F)F)c(F)c2)n1. The molecule has 0 amide bonds. The predicted molar refractivity (Wildman–Crippen MR) is 63.5 cm³/mol. The van der Waals surface area contributed by atoms with Crippen LogP contribution in [0.3, 0.4) is 0 Å². The molecule has 6 nitrogen and oxygen atoms in total. The highest BCUT2D eigenvalue weighted by Gasteiger charge is 2.34. The summed E-state index contributed by atoms with van der Waals surface area (Å²) in [7, 11) is 0. The lowest BCUT2D eigenvalue weighted by Crippen LogP contribution is -2.08. The number of nitro groups is 1. The van der Waals surface area contributed by atoms with Crippen molar-refractivity contribution in [2.24, 2.45) is 0 Å². The van der Waals surface area contributed by atoms with Gasteiger partial charge in [-0.3, -0.25) is 10.1 Å². The topological polar surface area (TPSA) is 94.9 Å². The van der Waals surface area contributed by atoms with Crippen molar-refractivity contribution in [2.45, 2.75) is 6.18 Å². The summed E-state index contributed by atoms with van der Waals surface area (Å²) < 4.78 is 50.9. The summed E-state index contributed by atoms with van der Waals surface area (Å²) in [4.78, 5) is 17.0. The molecule has 10 heteroatoms. The Morgan fingerprint density at radius 3 is 2.48 bits per heavy atom. The van der Waals surface area contributed by atoms with E-state index in [2.05, 4.69) is 9.97 Å². The van der Waals surface area contributed by atoms with Gasteiger partial charge in [0.25, 0.3) is 0 Å². The monoisotopic (exact) mass is 302 g/mol. The highest BCUT2D eigenvalue weighted by Crippen LogP contribution is 2.35. The Labute approximate surface area is 114 Å². The van der Waals surface area contributed by atoms with E-state index >= 15 is 0 Å². The van der Waals surface area contributed by atoms with Crippen molar-refractivity contribution in [3.63, 3.8) is 0 Å². The Hall–Kier alpha value is -2.78. The van der Waals surface area contributed by atoms with E-state index in [1.165, 1.54) is 0 Å². The minimum atomic E-state index is -4.86. The molecule has 0 aliphatic carbocycles. The van der Waals surface area contributed by atoms with Gasteiger partial charge >= 0.3 is 11.9 Å². The maximum atomic E-state index is 13.5. The first-order valence-electron chi connectivity index (χ1n) is 5.34. The molecular weight excluding hydrogens is 296 g/mol. The summed E-state index contributed by atoms with van der Waals surface area (Å²) in [6, 6.07) is 1.87. The van der Waals surface area contributed by atoms with Crippen molar-refractivity contribution in [3.05, 3.63) is 45.9 Å².